The molecule has 0 bridgehead atoms. The smallest absolute Gasteiger partial charge is 0.203 e. The molecule has 5 heteroatoms. The van der Waals surface area contributed by atoms with Crippen molar-refractivity contribution in [3.8, 4) is 0 Å². The average molecular weight is 213 g/mol. The maximum Gasteiger partial charge on any atom is 0.203 e. The first-order valence-corrected chi connectivity index (χ1v) is 6.56. The van der Waals surface area contributed by atoms with Crippen LogP contribution in [0.25, 0.3) is 0 Å². The predicted molar refractivity (Wildman–Crippen MR) is 57.8 cm³/mol. The van der Waals surface area contributed by atoms with Crippen molar-refractivity contribution in [1.82, 2.24) is 9.55 Å². The molecule has 1 aliphatic rings. The van der Waals surface area contributed by atoms with E-state index in [4.69, 9.17) is 0 Å². The Morgan fingerprint density at radius 1 is 1.71 bits per heavy atom. The SMILES string of the molecule is CS(=O)CCn1ccnc1NC1CC1. The summed E-state index contributed by atoms with van der Waals surface area (Å²) >= 11 is 0. The van der Waals surface area contributed by atoms with Gasteiger partial charge >= 0.3 is 0 Å². The highest BCUT2D eigenvalue weighted by atomic mass is 32.2. The highest BCUT2D eigenvalue weighted by Gasteiger charge is 2.22. The zero-order valence-corrected chi connectivity index (χ0v) is 9.09. The first-order chi connectivity index (χ1) is 6.75. The second-order valence-electron chi connectivity index (χ2n) is 3.64. The van der Waals surface area contributed by atoms with Crippen molar-refractivity contribution in [3.63, 3.8) is 0 Å². The van der Waals surface area contributed by atoms with Crippen molar-refractivity contribution in [2.24, 2.45) is 0 Å². The van der Waals surface area contributed by atoms with Crippen LogP contribution in [0.3, 0.4) is 0 Å². The fourth-order valence-corrected chi connectivity index (χ4v) is 1.72. The van der Waals surface area contributed by atoms with Crippen molar-refractivity contribution in [1.29, 1.82) is 0 Å². The van der Waals surface area contributed by atoms with E-state index in [1.165, 1.54) is 12.8 Å². The Labute approximate surface area is 86.2 Å². The van der Waals surface area contributed by atoms with Gasteiger partial charge < -0.3 is 9.88 Å². The molecule has 1 aromatic rings. The standard InChI is InChI=1S/C9H15N3OS/c1-14(13)7-6-12-5-4-10-9(12)11-8-2-3-8/h4-5,8H,2-3,6-7H2,1H3,(H,10,11). The van der Waals surface area contributed by atoms with Gasteiger partial charge in [-0.25, -0.2) is 4.98 Å². The summed E-state index contributed by atoms with van der Waals surface area (Å²) in [5.41, 5.74) is 0. The van der Waals surface area contributed by atoms with E-state index in [-0.39, 0.29) is 0 Å². The number of anilines is 1. The summed E-state index contributed by atoms with van der Waals surface area (Å²) in [7, 11) is -0.732. The molecule has 78 valence electrons. The van der Waals surface area contributed by atoms with Gasteiger partial charge in [0.25, 0.3) is 0 Å². The fraction of sp³-hybridized carbons (Fsp3) is 0.667. The highest BCUT2D eigenvalue weighted by Crippen LogP contribution is 2.23. The minimum absolute atomic E-state index is 0.614. The van der Waals surface area contributed by atoms with Crippen LogP contribution in [0.5, 0.6) is 0 Å². The largest absolute Gasteiger partial charge is 0.353 e. The lowest BCUT2D eigenvalue weighted by atomic mass is 10.6. The van der Waals surface area contributed by atoms with Crippen molar-refractivity contribution in [2.45, 2.75) is 25.4 Å². The predicted octanol–water partition coefficient (Wildman–Crippen LogP) is 0.836. The van der Waals surface area contributed by atoms with Crippen molar-refractivity contribution < 1.29 is 4.21 Å². The lowest BCUT2D eigenvalue weighted by Gasteiger charge is -2.07. The zero-order chi connectivity index (χ0) is 9.97. The van der Waals surface area contributed by atoms with Crippen LogP contribution in [0.1, 0.15) is 12.8 Å². The Morgan fingerprint density at radius 2 is 2.50 bits per heavy atom. The van der Waals surface area contributed by atoms with Gasteiger partial charge in [-0.15, -0.1) is 0 Å². The van der Waals surface area contributed by atoms with E-state index in [9.17, 15) is 4.21 Å². The number of imidazole rings is 1. The zero-order valence-electron chi connectivity index (χ0n) is 8.27. The van der Waals surface area contributed by atoms with E-state index >= 15 is 0 Å². The highest BCUT2D eigenvalue weighted by molar-refractivity contribution is 7.84. The first-order valence-electron chi connectivity index (χ1n) is 4.83. The molecule has 0 spiro atoms. The van der Waals surface area contributed by atoms with E-state index in [0.717, 1.165) is 12.5 Å². The van der Waals surface area contributed by atoms with Gasteiger partial charge in [0, 0.05) is 47.8 Å². The summed E-state index contributed by atoms with van der Waals surface area (Å²) in [5, 5.41) is 3.34. The summed E-state index contributed by atoms with van der Waals surface area (Å²) in [5.74, 6) is 1.60. The molecule has 2 rings (SSSR count). The monoisotopic (exact) mass is 213 g/mol. The Morgan fingerprint density at radius 3 is 3.14 bits per heavy atom. The van der Waals surface area contributed by atoms with Crippen LogP contribution in [0, 0.1) is 0 Å². The lowest BCUT2D eigenvalue weighted by molar-refractivity contribution is 0.677. The molecule has 4 nitrogen and oxygen atoms in total. The molecule has 1 atom stereocenters. The number of hydrogen-bond acceptors (Lipinski definition) is 3. The normalized spacial score (nSPS) is 18.1. The van der Waals surface area contributed by atoms with Crippen LogP contribution >= 0.6 is 0 Å². The molecule has 0 aliphatic heterocycles. The molecule has 1 N–H and O–H groups in total. The van der Waals surface area contributed by atoms with Gasteiger partial charge in [0.15, 0.2) is 0 Å². The van der Waals surface area contributed by atoms with Gasteiger partial charge in [-0.2, -0.15) is 0 Å². The fourth-order valence-electron chi connectivity index (χ4n) is 1.27. The number of nitrogens with zero attached hydrogens (tertiary/aromatic N) is 2. The van der Waals surface area contributed by atoms with E-state index in [2.05, 4.69) is 10.3 Å². The molecule has 14 heavy (non-hydrogen) atoms. The number of aryl methyl sites for hydroxylation is 1. The Bertz CT molecular complexity index is 333. The summed E-state index contributed by atoms with van der Waals surface area (Å²) in [6, 6.07) is 0.614. The average Bonchev–Trinajstić information content (AvgIpc) is 2.81. The van der Waals surface area contributed by atoms with Crippen molar-refractivity contribution >= 4 is 16.7 Å². The van der Waals surface area contributed by atoms with Gasteiger partial charge in [0.2, 0.25) is 5.95 Å². The molecule has 1 aromatic heterocycles. The van der Waals surface area contributed by atoms with Gasteiger partial charge in [-0.05, 0) is 12.8 Å². The summed E-state index contributed by atoms with van der Waals surface area (Å²) in [4.78, 5) is 4.23. The number of rotatable bonds is 5. The van der Waals surface area contributed by atoms with Crippen LogP contribution in [0.15, 0.2) is 12.4 Å². The molecule has 0 saturated heterocycles. The molecule has 1 fully saturated rings. The minimum atomic E-state index is -0.732. The third-order valence-corrected chi connectivity index (χ3v) is 3.00. The van der Waals surface area contributed by atoms with E-state index in [1.807, 2.05) is 10.8 Å². The van der Waals surface area contributed by atoms with Gasteiger partial charge in [0.1, 0.15) is 0 Å². The molecule has 0 aromatic carbocycles. The molecule has 0 amide bonds. The van der Waals surface area contributed by atoms with E-state index < -0.39 is 10.8 Å². The van der Waals surface area contributed by atoms with Gasteiger partial charge in [0.05, 0.1) is 0 Å². The van der Waals surface area contributed by atoms with Gasteiger partial charge in [-0.1, -0.05) is 0 Å². The Balaban J connectivity index is 1.93. The number of aromatic nitrogens is 2. The minimum Gasteiger partial charge on any atom is -0.353 e. The molecule has 0 radical (unpaired) electrons. The second kappa shape index (κ2) is 4.13. The molecule has 1 aliphatic carbocycles. The van der Waals surface area contributed by atoms with Gasteiger partial charge in [-0.3, -0.25) is 4.21 Å². The number of nitrogens with one attached hydrogen (secondary N) is 1. The molecular formula is C9H15N3OS. The third kappa shape index (κ3) is 2.57. The number of hydrogen-bond donors (Lipinski definition) is 1. The summed E-state index contributed by atoms with van der Waals surface area (Å²) < 4.78 is 13.0. The lowest BCUT2D eigenvalue weighted by Crippen LogP contribution is -2.12. The van der Waals surface area contributed by atoms with Crippen LogP contribution < -0.4 is 5.32 Å². The molecule has 1 saturated carbocycles. The molecular weight excluding hydrogens is 198 g/mol. The quantitative estimate of drug-likeness (QED) is 0.788. The maximum absolute atomic E-state index is 10.9. The second-order valence-corrected chi connectivity index (χ2v) is 5.19. The van der Waals surface area contributed by atoms with Crippen LogP contribution in [0.2, 0.25) is 0 Å². The topological polar surface area (TPSA) is 46.9 Å². The van der Waals surface area contributed by atoms with Crippen LogP contribution in [-0.4, -0.2) is 31.8 Å². The van der Waals surface area contributed by atoms with E-state index in [0.29, 0.717) is 11.8 Å². The maximum atomic E-state index is 10.9. The first kappa shape index (κ1) is 9.71. The van der Waals surface area contributed by atoms with Crippen LogP contribution in [-0.2, 0) is 17.3 Å². The third-order valence-electron chi connectivity index (χ3n) is 2.25. The van der Waals surface area contributed by atoms with E-state index in [1.54, 1.807) is 12.5 Å². The Hall–Kier alpha value is -0.840. The van der Waals surface area contributed by atoms with Crippen LogP contribution in [0.4, 0.5) is 5.95 Å². The molecule has 1 heterocycles. The Kier molecular flexibility index (Phi) is 2.86. The summed E-state index contributed by atoms with van der Waals surface area (Å²) in [6.45, 7) is 0.776. The molecule has 1 unspecified atom stereocenters. The van der Waals surface area contributed by atoms with Crippen molar-refractivity contribution in [3.05, 3.63) is 12.4 Å². The summed E-state index contributed by atoms with van der Waals surface area (Å²) in [6.07, 6.45) is 7.92. The van der Waals surface area contributed by atoms with Crippen molar-refractivity contribution in [2.75, 3.05) is 17.3 Å².